The van der Waals surface area contributed by atoms with Crippen molar-refractivity contribution in [3.63, 3.8) is 0 Å². The molecule has 304 valence electrons. The number of aromatic nitrogens is 3. The Morgan fingerprint density at radius 1 is 1.00 bits per heavy atom. The maximum Gasteiger partial charge on any atom is 0.408 e. The van der Waals surface area contributed by atoms with Gasteiger partial charge in [-0.1, -0.05) is 68.5 Å². The summed E-state index contributed by atoms with van der Waals surface area (Å²) in [5.41, 5.74) is 11.0. The number of hydrogen-bond donors (Lipinski definition) is 5. The number of imidazole rings is 1. The van der Waals surface area contributed by atoms with Gasteiger partial charge in [-0.15, -0.1) is 0 Å². The second-order valence-electron chi connectivity index (χ2n) is 16.5. The average molecular weight is 774 g/mol. The van der Waals surface area contributed by atoms with Gasteiger partial charge in [-0.3, -0.25) is 23.9 Å². The Bertz CT molecular complexity index is 1730. The van der Waals surface area contributed by atoms with Gasteiger partial charge in [0, 0.05) is 62.4 Å². The van der Waals surface area contributed by atoms with Crippen LogP contribution in [0.25, 0.3) is 0 Å². The van der Waals surface area contributed by atoms with E-state index in [1.54, 1.807) is 27.0 Å². The van der Waals surface area contributed by atoms with Gasteiger partial charge in [0.1, 0.15) is 31.1 Å². The van der Waals surface area contributed by atoms with Crippen LogP contribution < -0.4 is 21.8 Å². The first kappa shape index (κ1) is 42.5. The zero-order valence-electron chi connectivity index (χ0n) is 33.2. The van der Waals surface area contributed by atoms with Crippen LogP contribution >= 0.6 is 0 Å². The number of ether oxygens (including phenoxy) is 1. The lowest BCUT2D eigenvalue weighted by atomic mass is 9.85. The van der Waals surface area contributed by atoms with Crippen LogP contribution in [0.2, 0.25) is 0 Å². The molecule has 0 radical (unpaired) electrons. The first-order chi connectivity index (χ1) is 26.8. The molecule has 2 fully saturated rings. The lowest BCUT2D eigenvalue weighted by molar-refractivity contribution is -0.964. The molecule has 14 heteroatoms. The summed E-state index contributed by atoms with van der Waals surface area (Å²) >= 11 is 0. The Balaban J connectivity index is 1.27. The number of benzene rings is 1. The molecular weight excluding hydrogens is 713 g/mol. The minimum absolute atomic E-state index is 0.00966. The van der Waals surface area contributed by atoms with Gasteiger partial charge in [0.25, 0.3) is 17.7 Å². The normalized spacial score (nSPS) is 20.4. The van der Waals surface area contributed by atoms with Crippen molar-refractivity contribution >= 4 is 23.8 Å². The SMILES string of the molecule is CC(C)(C)OC(=O)N[C@@H](Cc1ccccc1)C(=O)n1cncc1C[C@H](N)C(=O)N[N+]1(CCc2ccccn2)CCC[C@H]1C(=O)NCC(O)CCC1CCCCC1. The number of aliphatic hydroxyl groups is 1. The van der Waals surface area contributed by atoms with Crippen molar-refractivity contribution in [1.82, 2.24) is 30.6 Å². The highest BCUT2D eigenvalue weighted by Gasteiger charge is 2.48. The van der Waals surface area contributed by atoms with Crippen LogP contribution in [0.1, 0.15) is 100 Å². The van der Waals surface area contributed by atoms with E-state index >= 15 is 0 Å². The van der Waals surface area contributed by atoms with Crippen LogP contribution in [-0.2, 0) is 33.6 Å². The summed E-state index contributed by atoms with van der Waals surface area (Å²) in [5, 5.41) is 16.5. The minimum atomic E-state index is -1.10. The number of pyridine rings is 1. The van der Waals surface area contributed by atoms with Crippen molar-refractivity contribution in [2.75, 3.05) is 19.6 Å². The third kappa shape index (κ3) is 12.4. The van der Waals surface area contributed by atoms with Gasteiger partial charge in [-0.2, -0.15) is 5.43 Å². The molecule has 1 aliphatic heterocycles. The summed E-state index contributed by atoms with van der Waals surface area (Å²) in [6.45, 7) is 6.31. The molecule has 1 saturated carbocycles. The molecule has 3 amide bonds. The quantitative estimate of drug-likeness (QED) is 0.126. The van der Waals surface area contributed by atoms with E-state index in [1.165, 1.54) is 49.2 Å². The third-order valence-electron chi connectivity index (χ3n) is 10.9. The molecule has 5 rings (SSSR count). The highest BCUT2D eigenvalue weighted by Crippen LogP contribution is 2.28. The van der Waals surface area contributed by atoms with Crippen molar-refractivity contribution in [2.24, 2.45) is 11.7 Å². The molecule has 1 aliphatic carbocycles. The number of quaternary nitrogens is 1. The standard InChI is InChI=1S/C42H60N8O6/c1-42(2,3)56-41(55)47-36(25-31-15-8-5-9-16-31)40(54)49-29-44-27-33(49)26-35(43)38(52)48-50(24-21-32-17-10-11-22-45-32)23-12-18-37(50)39(53)46-28-34(51)20-19-30-13-6-4-7-14-30/h5,8-11,15-17,22,27,29-30,34-37,51H,4,6-7,12-14,18-21,23-26,28,43H2,1-3H3,(H2-,46,47,48,52,53,55)/p+1/t34?,35-,36-,37-,50?/m0/s1. The van der Waals surface area contributed by atoms with Crippen molar-refractivity contribution in [1.29, 1.82) is 0 Å². The molecule has 2 aromatic heterocycles. The lowest BCUT2D eigenvalue weighted by Crippen LogP contribution is -2.69. The maximum absolute atomic E-state index is 14.0. The lowest BCUT2D eigenvalue weighted by Gasteiger charge is -2.39. The average Bonchev–Trinajstić information content (AvgIpc) is 3.82. The Labute approximate surface area is 330 Å². The highest BCUT2D eigenvalue weighted by atomic mass is 16.6. The highest BCUT2D eigenvalue weighted by molar-refractivity contribution is 5.89. The van der Waals surface area contributed by atoms with Crippen LogP contribution in [0.3, 0.4) is 0 Å². The molecular formula is C42H61N8O6+. The molecule has 3 heterocycles. The van der Waals surface area contributed by atoms with E-state index in [0.29, 0.717) is 50.4 Å². The van der Waals surface area contributed by atoms with Gasteiger partial charge in [0.2, 0.25) is 0 Å². The molecule has 2 unspecified atom stereocenters. The van der Waals surface area contributed by atoms with E-state index in [4.69, 9.17) is 10.5 Å². The van der Waals surface area contributed by atoms with Crippen molar-refractivity contribution in [3.8, 4) is 0 Å². The summed E-state index contributed by atoms with van der Waals surface area (Å²) in [6.07, 6.45) is 12.9. The second kappa shape index (κ2) is 20.0. The van der Waals surface area contributed by atoms with Gasteiger partial charge < -0.3 is 26.2 Å². The summed E-state index contributed by atoms with van der Waals surface area (Å²) < 4.78 is 6.76. The van der Waals surface area contributed by atoms with Crippen LogP contribution in [0, 0.1) is 5.92 Å². The number of carbonyl (C=O) groups excluding carboxylic acids is 4. The van der Waals surface area contributed by atoms with Crippen molar-refractivity contribution in [3.05, 3.63) is 84.2 Å². The molecule has 1 aromatic carbocycles. The monoisotopic (exact) mass is 773 g/mol. The first-order valence-electron chi connectivity index (χ1n) is 20.2. The Kier molecular flexibility index (Phi) is 15.1. The number of rotatable bonds is 17. The van der Waals surface area contributed by atoms with Crippen LogP contribution in [-0.4, -0.2) is 97.5 Å². The van der Waals surface area contributed by atoms with E-state index in [2.05, 4.69) is 26.0 Å². The fourth-order valence-corrected chi connectivity index (χ4v) is 7.94. The fourth-order valence-electron chi connectivity index (χ4n) is 7.94. The molecule has 2 aliphatic rings. The molecule has 5 atom stereocenters. The summed E-state index contributed by atoms with van der Waals surface area (Å²) in [5.74, 6) is -0.526. The van der Waals surface area contributed by atoms with Gasteiger partial charge in [0.15, 0.2) is 6.04 Å². The van der Waals surface area contributed by atoms with Gasteiger partial charge in [-0.05, 0) is 57.2 Å². The minimum Gasteiger partial charge on any atom is -0.444 e. The maximum atomic E-state index is 14.0. The first-order valence-corrected chi connectivity index (χ1v) is 20.2. The Morgan fingerprint density at radius 3 is 2.46 bits per heavy atom. The Hall–Kier alpha value is -4.66. The number of aliphatic hydroxyl groups excluding tert-OH is 1. The number of carbonyl (C=O) groups is 4. The number of alkyl carbamates (subject to hydrolysis) is 1. The van der Waals surface area contributed by atoms with Crippen LogP contribution in [0.5, 0.6) is 0 Å². The Morgan fingerprint density at radius 2 is 1.75 bits per heavy atom. The number of likely N-dealkylation sites (tertiary alicyclic amines) is 1. The predicted molar refractivity (Wildman–Crippen MR) is 212 cm³/mol. The summed E-state index contributed by atoms with van der Waals surface area (Å²) in [7, 11) is 0. The number of nitrogens with two attached hydrogens (primary N) is 1. The molecule has 56 heavy (non-hydrogen) atoms. The van der Waals surface area contributed by atoms with E-state index in [9.17, 15) is 24.3 Å². The van der Waals surface area contributed by atoms with E-state index < -0.39 is 47.7 Å². The van der Waals surface area contributed by atoms with Crippen molar-refractivity contribution < 1.29 is 33.6 Å². The molecule has 0 bridgehead atoms. The molecule has 1 saturated heterocycles. The topological polar surface area (TPSA) is 191 Å². The van der Waals surface area contributed by atoms with Crippen LogP contribution in [0.4, 0.5) is 4.79 Å². The fraction of sp³-hybridized carbons (Fsp3) is 0.571. The smallest absolute Gasteiger partial charge is 0.408 e. The number of amides is 3. The van der Waals surface area contributed by atoms with Gasteiger partial charge in [-0.25, -0.2) is 14.4 Å². The molecule has 6 N–H and O–H groups in total. The number of nitrogens with one attached hydrogen (secondary N) is 3. The van der Waals surface area contributed by atoms with E-state index in [-0.39, 0.29) is 29.9 Å². The number of nitrogens with zero attached hydrogens (tertiary/aromatic N) is 4. The summed E-state index contributed by atoms with van der Waals surface area (Å²) in [6, 6.07) is 12.3. The molecule has 0 spiro atoms. The summed E-state index contributed by atoms with van der Waals surface area (Å²) in [4.78, 5) is 63.4. The zero-order valence-corrected chi connectivity index (χ0v) is 33.2. The van der Waals surface area contributed by atoms with Crippen LogP contribution in [0.15, 0.2) is 67.3 Å². The third-order valence-corrected chi connectivity index (χ3v) is 10.9. The second-order valence-corrected chi connectivity index (χ2v) is 16.5. The zero-order chi connectivity index (χ0) is 40.1. The van der Waals surface area contributed by atoms with E-state index in [0.717, 1.165) is 17.7 Å². The predicted octanol–water partition coefficient (Wildman–Crippen LogP) is 4.01. The molecule has 14 nitrogen and oxygen atoms in total. The van der Waals surface area contributed by atoms with Crippen molar-refractivity contribution in [2.45, 2.75) is 128 Å². The largest absolute Gasteiger partial charge is 0.444 e. The van der Waals surface area contributed by atoms with E-state index in [1.807, 2.05) is 48.5 Å². The van der Waals surface area contributed by atoms with Gasteiger partial charge in [0.05, 0.1) is 12.1 Å². The number of hydrogen-bond acceptors (Lipinski definition) is 9. The molecule has 3 aromatic rings. The van der Waals surface area contributed by atoms with Gasteiger partial charge >= 0.3 is 6.09 Å².